The van der Waals surface area contributed by atoms with Gasteiger partial charge in [0.2, 0.25) is 5.69 Å². The highest BCUT2D eigenvalue weighted by Gasteiger charge is 2.47. The van der Waals surface area contributed by atoms with Crippen LogP contribution in [0.15, 0.2) is 116 Å². The average molecular weight is 557 g/mol. The fourth-order valence-electron chi connectivity index (χ4n) is 6.83. The Hall–Kier alpha value is -3.74. The van der Waals surface area contributed by atoms with E-state index < -0.39 is 7.14 Å². The van der Waals surface area contributed by atoms with E-state index in [0.717, 1.165) is 64.5 Å². The summed E-state index contributed by atoms with van der Waals surface area (Å²) in [7, 11) is -3.19. The Bertz CT molecular complexity index is 1800. The van der Waals surface area contributed by atoms with E-state index in [1.165, 1.54) is 22.3 Å². The Labute approximate surface area is 244 Å². The Morgan fingerprint density at radius 3 is 2.17 bits per heavy atom. The topological polar surface area (TPSA) is 20.9 Å². The number of pyridine rings is 1. The van der Waals surface area contributed by atoms with Gasteiger partial charge in [-0.1, -0.05) is 113 Å². The molecule has 0 saturated heterocycles. The van der Waals surface area contributed by atoms with Gasteiger partial charge < -0.3 is 4.57 Å². The van der Waals surface area contributed by atoms with Gasteiger partial charge in [-0.25, -0.2) is 0 Å². The van der Waals surface area contributed by atoms with Gasteiger partial charge in [-0.05, 0) is 42.2 Å². The van der Waals surface area contributed by atoms with Crippen LogP contribution in [-0.2, 0) is 16.5 Å². The normalized spacial score (nSPS) is 15.2. The maximum atomic E-state index is 15.7. The molecule has 1 atom stereocenters. The highest BCUT2D eigenvalue weighted by Crippen LogP contribution is 2.47. The number of aromatic nitrogens is 1. The van der Waals surface area contributed by atoms with E-state index >= 15 is 4.57 Å². The molecule has 6 rings (SSSR count). The van der Waals surface area contributed by atoms with Gasteiger partial charge in [-0.3, -0.25) is 0 Å². The van der Waals surface area contributed by atoms with Crippen LogP contribution in [-0.4, -0.2) is 0 Å². The molecule has 0 spiro atoms. The van der Waals surface area contributed by atoms with Crippen LogP contribution < -0.4 is 20.5 Å². The first-order chi connectivity index (χ1) is 20.0. The fourth-order valence-corrected chi connectivity index (χ4v) is 9.75. The van der Waals surface area contributed by atoms with Gasteiger partial charge >= 0.3 is 0 Å². The predicted octanol–water partition coefficient (Wildman–Crippen LogP) is 8.32. The van der Waals surface area contributed by atoms with E-state index in [9.17, 15) is 0 Å². The summed E-state index contributed by atoms with van der Waals surface area (Å²) in [5, 5.41) is 4.82. The lowest BCUT2D eigenvalue weighted by molar-refractivity contribution is -0.740. The first-order valence-corrected chi connectivity index (χ1v) is 16.7. The third kappa shape index (κ3) is 4.32. The molecule has 4 aromatic carbocycles. The lowest BCUT2D eigenvalue weighted by Crippen LogP contribution is -2.59. The minimum atomic E-state index is -3.19. The molecule has 0 bridgehead atoms. The zero-order valence-corrected chi connectivity index (χ0v) is 25.3. The van der Waals surface area contributed by atoms with E-state index in [1.54, 1.807) is 0 Å². The molecule has 1 unspecified atom stereocenters. The predicted molar refractivity (Wildman–Crippen MR) is 175 cm³/mol. The van der Waals surface area contributed by atoms with Gasteiger partial charge in [0.15, 0.2) is 18.9 Å². The zero-order chi connectivity index (χ0) is 28.6. The van der Waals surface area contributed by atoms with Crippen molar-refractivity contribution in [3.63, 3.8) is 0 Å². The van der Waals surface area contributed by atoms with Crippen LogP contribution in [0.2, 0.25) is 0 Å². The first kappa shape index (κ1) is 27.4. The number of hydrogen-bond acceptors (Lipinski definition) is 1. The van der Waals surface area contributed by atoms with Crippen LogP contribution in [0.4, 0.5) is 0 Å². The number of nitrogens with zero attached hydrogens (tertiary/aromatic N) is 1. The van der Waals surface area contributed by atoms with Crippen molar-refractivity contribution in [2.75, 3.05) is 0 Å². The third-order valence-corrected chi connectivity index (χ3v) is 12.3. The van der Waals surface area contributed by atoms with Crippen molar-refractivity contribution in [2.24, 2.45) is 0 Å². The van der Waals surface area contributed by atoms with Gasteiger partial charge in [-0.2, -0.15) is 4.57 Å². The monoisotopic (exact) mass is 556 g/mol. The second-order valence-electron chi connectivity index (χ2n) is 11.3. The molecule has 3 heteroatoms. The molecule has 5 aromatic rings. The summed E-state index contributed by atoms with van der Waals surface area (Å²) in [5.41, 5.74) is 5.77. The molecular formula is C38H39NOP+. The van der Waals surface area contributed by atoms with Crippen LogP contribution in [0.5, 0.6) is 0 Å². The maximum absolute atomic E-state index is 15.7. The second-order valence-corrected chi connectivity index (χ2v) is 14.0. The summed E-state index contributed by atoms with van der Waals surface area (Å²) in [6, 6.07) is 35.8. The number of fused-ring (bicyclic) bond motifs is 4. The highest BCUT2D eigenvalue weighted by molar-refractivity contribution is 7.85. The fraction of sp³-hybridized carbons (Fsp3) is 0.237. The Morgan fingerprint density at radius 1 is 0.756 bits per heavy atom. The average Bonchev–Trinajstić information content (AvgIpc) is 3.03. The summed E-state index contributed by atoms with van der Waals surface area (Å²) in [6.07, 6.45) is 7.44. The highest BCUT2D eigenvalue weighted by atomic mass is 31.2. The molecule has 206 valence electrons. The first-order valence-electron chi connectivity index (χ1n) is 15.0. The van der Waals surface area contributed by atoms with Gasteiger partial charge in [0, 0.05) is 51.2 Å². The Balaban J connectivity index is 1.67. The van der Waals surface area contributed by atoms with E-state index in [1.807, 2.05) is 30.3 Å². The van der Waals surface area contributed by atoms with Gasteiger partial charge in [-0.15, -0.1) is 0 Å². The van der Waals surface area contributed by atoms with E-state index in [0.29, 0.717) is 0 Å². The van der Waals surface area contributed by atoms with Gasteiger partial charge in [0.25, 0.3) is 0 Å². The molecular weight excluding hydrogens is 517 g/mol. The summed E-state index contributed by atoms with van der Waals surface area (Å²) >= 11 is 0. The Kier molecular flexibility index (Phi) is 7.30. The minimum absolute atomic E-state index is 0.204. The summed E-state index contributed by atoms with van der Waals surface area (Å²) in [4.78, 5) is 0. The number of aryl methyl sites for hydroxylation is 1. The summed E-state index contributed by atoms with van der Waals surface area (Å²) in [5.74, 6) is 0. The molecule has 0 N–H and O–H groups in total. The van der Waals surface area contributed by atoms with Crippen LogP contribution >= 0.6 is 7.14 Å². The van der Waals surface area contributed by atoms with E-state index in [4.69, 9.17) is 0 Å². The summed E-state index contributed by atoms with van der Waals surface area (Å²) < 4.78 is 18.2. The molecule has 1 aliphatic heterocycles. The lowest BCUT2D eigenvalue weighted by Gasteiger charge is -2.35. The standard InChI is InChI=1S/C38H39NOP/c1-5-8-16-29-17-14-21-32(25-29)41(40,31-19-10-9-11-20-31)37-24-15-18-30-27-39-36(26-35(30)37)34-23-13-12-22-33(34)28(4)38(39,6-2)7-3/h9-15,17-27H,4-8,16H2,1-3H3/q+1. The molecule has 0 radical (unpaired) electrons. The molecule has 0 saturated carbocycles. The van der Waals surface area contributed by atoms with Crippen LogP contribution in [0, 0.1) is 0 Å². The van der Waals surface area contributed by atoms with Crippen molar-refractivity contribution in [1.29, 1.82) is 0 Å². The van der Waals surface area contributed by atoms with E-state index in [-0.39, 0.29) is 5.54 Å². The van der Waals surface area contributed by atoms with Crippen molar-refractivity contribution in [3.05, 3.63) is 127 Å². The van der Waals surface area contributed by atoms with Gasteiger partial charge in [0.1, 0.15) is 0 Å². The molecule has 0 amide bonds. The zero-order valence-electron chi connectivity index (χ0n) is 24.4. The van der Waals surface area contributed by atoms with Crippen LogP contribution in [0.3, 0.4) is 0 Å². The third-order valence-electron chi connectivity index (χ3n) is 9.20. The number of benzene rings is 4. The van der Waals surface area contributed by atoms with Crippen molar-refractivity contribution in [2.45, 2.75) is 58.4 Å². The van der Waals surface area contributed by atoms with Gasteiger partial charge in [0.05, 0.1) is 5.56 Å². The molecule has 1 aromatic heterocycles. The Morgan fingerprint density at radius 2 is 1.44 bits per heavy atom. The molecule has 41 heavy (non-hydrogen) atoms. The molecule has 1 aliphatic rings. The summed E-state index contributed by atoms with van der Waals surface area (Å²) in [6.45, 7) is 11.4. The quantitative estimate of drug-likeness (QED) is 0.139. The van der Waals surface area contributed by atoms with Crippen molar-refractivity contribution >= 4 is 39.4 Å². The van der Waals surface area contributed by atoms with E-state index in [2.05, 4.69) is 111 Å². The molecule has 2 heterocycles. The van der Waals surface area contributed by atoms with Crippen LogP contribution in [0.25, 0.3) is 27.6 Å². The number of unbranched alkanes of at least 4 members (excludes halogenated alkanes) is 1. The molecule has 0 fully saturated rings. The number of allylic oxidation sites excluding steroid dienone is 1. The van der Waals surface area contributed by atoms with Crippen molar-refractivity contribution in [3.8, 4) is 11.3 Å². The number of hydrogen-bond donors (Lipinski definition) is 0. The molecule has 0 aliphatic carbocycles. The maximum Gasteiger partial charge on any atom is 0.214 e. The largest absolute Gasteiger partial charge is 0.309 e. The lowest BCUT2D eigenvalue weighted by atomic mass is 9.75. The minimum Gasteiger partial charge on any atom is -0.309 e. The molecule has 2 nitrogen and oxygen atoms in total. The second kappa shape index (κ2) is 10.9. The number of rotatable bonds is 8. The SMILES string of the molecule is C=C1c2ccccc2-c2cc3c(P(=O)(c4ccccc4)c4cccc(CCCC)c4)cccc3c[n+]2C1(CC)CC. The van der Waals surface area contributed by atoms with Crippen molar-refractivity contribution in [1.82, 2.24) is 0 Å². The van der Waals surface area contributed by atoms with Crippen molar-refractivity contribution < 1.29 is 9.13 Å². The van der Waals surface area contributed by atoms with Crippen LogP contribution in [0.1, 0.15) is 57.6 Å². The smallest absolute Gasteiger partial charge is 0.214 e.